The van der Waals surface area contributed by atoms with Crippen molar-refractivity contribution in [2.24, 2.45) is 0 Å². The molecule has 120 valence electrons. The van der Waals surface area contributed by atoms with Gasteiger partial charge in [0.2, 0.25) is 0 Å². The van der Waals surface area contributed by atoms with Crippen LogP contribution in [-0.4, -0.2) is 58.7 Å². The zero-order valence-electron chi connectivity index (χ0n) is 12.9. The number of benzene rings is 1. The first-order chi connectivity index (χ1) is 11.2. The van der Waals surface area contributed by atoms with Gasteiger partial charge in [0.15, 0.2) is 5.69 Å². The van der Waals surface area contributed by atoms with Gasteiger partial charge in [-0.05, 0) is 12.0 Å². The molecule has 0 radical (unpaired) electrons. The Labute approximate surface area is 135 Å². The molecule has 0 aliphatic carbocycles. The fourth-order valence-corrected chi connectivity index (χ4v) is 2.73. The van der Waals surface area contributed by atoms with Crippen molar-refractivity contribution in [3.63, 3.8) is 0 Å². The van der Waals surface area contributed by atoms with E-state index >= 15 is 0 Å². The molecular formula is C17H20N4O2. The molecule has 0 spiro atoms. The quantitative estimate of drug-likeness (QED) is 0.903. The minimum absolute atomic E-state index is 0.0183. The molecule has 2 heterocycles. The lowest BCUT2D eigenvalue weighted by Crippen LogP contribution is -2.47. The van der Waals surface area contributed by atoms with Gasteiger partial charge in [0.25, 0.3) is 0 Å². The minimum Gasteiger partial charge on any atom is -0.476 e. The summed E-state index contributed by atoms with van der Waals surface area (Å²) >= 11 is 0. The van der Waals surface area contributed by atoms with E-state index in [0.29, 0.717) is 0 Å². The smallest absolute Gasteiger partial charge is 0.356 e. The SMILES string of the molecule is O=C(O)c1cnc(N2CCN(CCc3ccccc3)CC2)cn1. The molecule has 1 fully saturated rings. The summed E-state index contributed by atoms with van der Waals surface area (Å²) in [4.78, 5) is 23.5. The van der Waals surface area contributed by atoms with Gasteiger partial charge in [0, 0.05) is 32.7 Å². The maximum atomic E-state index is 10.8. The summed E-state index contributed by atoms with van der Waals surface area (Å²) < 4.78 is 0. The lowest BCUT2D eigenvalue weighted by Gasteiger charge is -2.35. The van der Waals surface area contributed by atoms with Crippen LogP contribution in [0.1, 0.15) is 16.1 Å². The van der Waals surface area contributed by atoms with E-state index in [1.165, 1.54) is 11.8 Å². The van der Waals surface area contributed by atoms with Crippen LogP contribution in [-0.2, 0) is 6.42 Å². The Morgan fingerprint density at radius 3 is 2.39 bits per heavy atom. The third kappa shape index (κ3) is 4.04. The van der Waals surface area contributed by atoms with Crippen molar-refractivity contribution in [3.05, 3.63) is 54.0 Å². The molecule has 1 aromatic carbocycles. The molecule has 0 bridgehead atoms. The van der Waals surface area contributed by atoms with Crippen LogP contribution in [0.3, 0.4) is 0 Å². The van der Waals surface area contributed by atoms with Crippen LogP contribution in [0.2, 0.25) is 0 Å². The molecule has 1 N–H and O–H groups in total. The summed E-state index contributed by atoms with van der Waals surface area (Å²) in [6.45, 7) is 4.79. The van der Waals surface area contributed by atoms with Crippen molar-refractivity contribution in [2.75, 3.05) is 37.6 Å². The number of carbonyl (C=O) groups is 1. The third-order valence-corrected chi connectivity index (χ3v) is 4.11. The number of rotatable bonds is 5. The van der Waals surface area contributed by atoms with E-state index in [9.17, 15) is 4.79 Å². The Morgan fingerprint density at radius 1 is 1.04 bits per heavy atom. The first kappa shape index (κ1) is 15.4. The van der Waals surface area contributed by atoms with Crippen molar-refractivity contribution in [1.29, 1.82) is 0 Å². The van der Waals surface area contributed by atoms with Crippen LogP contribution in [0.4, 0.5) is 5.82 Å². The number of carboxylic acid groups (broad SMARTS) is 1. The fraction of sp³-hybridized carbons (Fsp3) is 0.353. The molecule has 1 aliphatic rings. The van der Waals surface area contributed by atoms with E-state index in [2.05, 4.69) is 44.0 Å². The molecule has 6 heteroatoms. The van der Waals surface area contributed by atoms with Crippen molar-refractivity contribution in [3.8, 4) is 0 Å². The summed E-state index contributed by atoms with van der Waals surface area (Å²) in [5, 5.41) is 8.85. The highest BCUT2D eigenvalue weighted by Crippen LogP contribution is 2.13. The number of piperazine rings is 1. The Kier molecular flexibility index (Phi) is 4.83. The summed E-state index contributed by atoms with van der Waals surface area (Å²) in [6, 6.07) is 10.5. The van der Waals surface area contributed by atoms with Crippen molar-refractivity contribution >= 4 is 11.8 Å². The zero-order chi connectivity index (χ0) is 16.1. The number of aromatic carboxylic acids is 1. The highest BCUT2D eigenvalue weighted by atomic mass is 16.4. The predicted molar refractivity (Wildman–Crippen MR) is 87.8 cm³/mol. The lowest BCUT2D eigenvalue weighted by atomic mass is 10.1. The van der Waals surface area contributed by atoms with Gasteiger partial charge < -0.3 is 10.0 Å². The van der Waals surface area contributed by atoms with E-state index in [-0.39, 0.29) is 5.69 Å². The standard InChI is InChI=1S/C17H20N4O2/c22-17(23)15-12-19-16(13-18-15)21-10-8-20(9-11-21)7-6-14-4-2-1-3-5-14/h1-5,12-13H,6-11H2,(H,22,23). The predicted octanol–water partition coefficient (Wildman–Crippen LogP) is 1.54. The molecule has 1 saturated heterocycles. The maximum absolute atomic E-state index is 10.8. The van der Waals surface area contributed by atoms with Gasteiger partial charge in [0.1, 0.15) is 5.82 Å². The Bertz CT molecular complexity index is 637. The lowest BCUT2D eigenvalue weighted by molar-refractivity contribution is 0.0690. The Hall–Kier alpha value is -2.47. The van der Waals surface area contributed by atoms with Gasteiger partial charge in [-0.25, -0.2) is 14.8 Å². The molecule has 0 atom stereocenters. The molecule has 2 aromatic rings. The van der Waals surface area contributed by atoms with Crippen LogP contribution in [0, 0.1) is 0 Å². The second kappa shape index (κ2) is 7.19. The average molecular weight is 312 g/mol. The molecule has 3 rings (SSSR count). The van der Waals surface area contributed by atoms with Crippen molar-refractivity contribution in [1.82, 2.24) is 14.9 Å². The van der Waals surface area contributed by atoms with Gasteiger partial charge in [0.05, 0.1) is 12.4 Å². The van der Waals surface area contributed by atoms with Gasteiger partial charge in [-0.3, -0.25) is 4.90 Å². The Balaban J connectivity index is 1.49. The molecule has 0 amide bonds. The van der Waals surface area contributed by atoms with E-state index in [4.69, 9.17) is 5.11 Å². The second-order valence-corrected chi connectivity index (χ2v) is 5.63. The fourth-order valence-electron chi connectivity index (χ4n) is 2.73. The normalized spacial score (nSPS) is 15.6. The average Bonchev–Trinajstić information content (AvgIpc) is 2.61. The highest BCUT2D eigenvalue weighted by Gasteiger charge is 2.18. The topological polar surface area (TPSA) is 69.6 Å². The third-order valence-electron chi connectivity index (χ3n) is 4.11. The van der Waals surface area contributed by atoms with Crippen LogP contribution < -0.4 is 4.90 Å². The van der Waals surface area contributed by atoms with E-state index in [1.54, 1.807) is 6.20 Å². The second-order valence-electron chi connectivity index (χ2n) is 5.63. The van der Waals surface area contributed by atoms with E-state index < -0.39 is 5.97 Å². The van der Waals surface area contributed by atoms with Crippen LogP contribution in [0.5, 0.6) is 0 Å². The number of aromatic nitrogens is 2. The number of anilines is 1. The van der Waals surface area contributed by atoms with Crippen LogP contribution in [0.15, 0.2) is 42.7 Å². The monoisotopic (exact) mass is 312 g/mol. The molecule has 1 aromatic heterocycles. The minimum atomic E-state index is -1.05. The van der Waals surface area contributed by atoms with Gasteiger partial charge in [-0.1, -0.05) is 30.3 Å². The number of carboxylic acids is 1. The Morgan fingerprint density at radius 2 is 1.78 bits per heavy atom. The van der Waals surface area contributed by atoms with Gasteiger partial charge in [-0.2, -0.15) is 0 Å². The molecule has 0 saturated carbocycles. The maximum Gasteiger partial charge on any atom is 0.356 e. The highest BCUT2D eigenvalue weighted by molar-refractivity contribution is 5.84. The molecule has 0 unspecified atom stereocenters. The van der Waals surface area contributed by atoms with Crippen LogP contribution >= 0.6 is 0 Å². The van der Waals surface area contributed by atoms with Crippen molar-refractivity contribution < 1.29 is 9.90 Å². The number of hydrogen-bond acceptors (Lipinski definition) is 5. The number of nitrogens with zero attached hydrogens (tertiary/aromatic N) is 4. The number of hydrogen-bond donors (Lipinski definition) is 1. The molecule has 6 nitrogen and oxygen atoms in total. The van der Waals surface area contributed by atoms with E-state index in [0.717, 1.165) is 45.0 Å². The summed E-state index contributed by atoms with van der Waals surface area (Å²) in [7, 11) is 0. The zero-order valence-corrected chi connectivity index (χ0v) is 12.9. The molecule has 23 heavy (non-hydrogen) atoms. The molecule has 1 aliphatic heterocycles. The summed E-state index contributed by atoms with van der Waals surface area (Å²) in [5.74, 6) is -0.299. The molecular weight excluding hydrogens is 292 g/mol. The van der Waals surface area contributed by atoms with Crippen molar-refractivity contribution in [2.45, 2.75) is 6.42 Å². The largest absolute Gasteiger partial charge is 0.476 e. The first-order valence-corrected chi connectivity index (χ1v) is 7.79. The summed E-state index contributed by atoms with van der Waals surface area (Å²) in [5.41, 5.74) is 1.35. The van der Waals surface area contributed by atoms with E-state index in [1.807, 2.05) is 6.07 Å². The van der Waals surface area contributed by atoms with Gasteiger partial charge >= 0.3 is 5.97 Å². The summed E-state index contributed by atoms with van der Waals surface area (Å²) in [6.07, 6.45) is 3.93. The van der Waals surface area contributed by atoms with Crippen LogP contribution in [0.25, 0.3) is 0 Å². The first-order valence-electron chi connectivity index (χ1n) is 7.79. The van der Waals surface area contributed by atoms with Gasteiger partial charge in [-0.15, -0.1) is 0 Å².